The lowest BCUT2D eigenvalue weighted by molar-refractivity contribution is -0.140. The Morgan fingerprint density at radius 1 is 0.974 bits per heavy atom. The van der Waals surface area contributed by atoms with Gasteiger partial charge in [-0.2, -0.15) is 0 Å². The van der Waals surface area contributed by atoms with Crippen molar-refractivity contribution in [2.24, 2.45) is 0 Å². The monoisotopic (exact) mass is 536 g/mol. The van der Waals surface area contributed by atoms with E-state index >= 15 is 0 Å². The van der Waals surface area contributed by atoms with Crippen LogP contribution in [0.1, 0.15) is 55.8 Å². The van der Waals surface area contributed by atoms with E-state index in [1.807, 2.05) is 44.2 Å². The Morgan fingerprint density at radius 3 is 2.41 bits per heavy atom. The second-order valence-corrected chi connectivity index (χ2v) is 10.0. The van der Waals surface area contributed by atoms with Crippen molar-refractivity contribution in [3.63, 3.8) is 0 Å². The van der Waals surface area contributed by atoms with Gasteiger partial charge in [0, 0.05) is 31.7 Å². The summed E-state index contributed by atoms with van der Waals surface area (Å²) in [6.45, 7) is 10.8. The minimum Gasteiger partial charge on any atom is -0.507 e. The number of likely N-dealkylation sites (tertiary alicyclic amines) is 1. The van der Waals surface area contributed by atoms with Gasteiger partial charge in [-0.05, 0) is 38.0 Å². The minimum atomic E-state index is -0.749. The summed E-state index contributed by atoms with van der Waals surface area (Å²) in [6, 6.07) is 12.1. The number of ketones is 1. The SMILES string of the molecule is CCCCCOc1ccc(C2C(=C(O)c3ccc(C)cc3)C(=O)C(=O)N2CCN2CCOCC2)cc1OCC. The first-order valence-corrected chi connectivity index (χ1v) is 14.0. The van der Waals surface area contributed by atoms with E-state index in [0.29, 0.717) is 62.1 Å². The molecule has 8 nitrogen and oxygen atoms in total. The maximum absolute atomic E-state index is 13.4. The standard InChI is InChI=1S/C31H40N2O6/c1-4-6-7-18-39-25-13-12-24(21-26(25)38-5-2)28-27(29(34)23-10-8-22(3)9-11-23)30(35)31(36)33(28)15-14-32-16-19-37-20-17-32/h8-13,21,28,34H,4-7,14-20H2,1-3H3. The van der Waals surface area contributed by atoms with Crippen molar-refractivity contribution in [1.29, 1.82) is 0 Å². The number of morpholine rings is 1. The fourth-order valence-electron chi connectivity index (χ4n) is 5.01. The Hall–Kier alpha value is -3.36. The molecule has 2 aliphatic heterocycles. The zero-order valence-electron chi connectivity index (χ0n) is 23.3. The second-order valence-electron chi connectivity index (χ2n) is 10.0. The Morgan fingerprint density at radius 2 is 1.72 bits per heavy atom. The number of rotatable bonds is 12. The van der Waals surface area contributed by atoms with Gasteiger partial charge in [0.2, 0.25) is 0 Å². The molecular weight excluding hydrogens is 496 g/mol. The average Bonchev–Trinajstić information content (AvgIpc) is 3.20. The Kier molecular flexibility index (Phi) is 10.0. The van der Waals surface area contributed by atoms with Gasteiger partial charge < -0.3 is 24.2 Å². The van der Waals surface area contributed by atoms with E-state index in [9.17, 15) is 14.7 Å². The third kappa shape index (κ3) is 6.81. The van der Waals surface area contributed by atoms with Crippen molar-refractivity contribution >= 4 is 17.4 Å². The summed E-state index contributed by atoms with van der Waals surface area (Å²) in [7, 11) is 0. The van der Waals surface area contributed by atoms with Crippen molar-refractivity contribution in [2.75, 3.05) is 52.6 Å². The van der Waals surface area contributed by atoms with Crippen LogP contribution in [0.5, 0.6) is 11.5 Å². The largest absolute Gasteiger partial charge is 0.507 e. The number of Topliss-reactive ketones (excluding diaryl/α,β-unsaturated/α-hetero) is 1. The van der Waals surface area contributed by atoms with Crippen LogP contribution in [0.25, 0.3) is 5.76 Å². The van der Waals surface area contributed by atoms with Gasteiger partial charge in [-0.15, -0.1) is 0 Å². The van der Waals surface area contributed by atoms with Gasteiger partial charge in [-0.3, -0.25) is 14.5 Å². The number of aliphatic hydroxyl groups excluding tert-OH is 1. The van der Waals surface area contributed by atoms with E-state index in [1.165, 1.54) is 0 Å². The first kappa shape index (κ1) is 28.6. The highest BCUT2D eigenvalue weighted by Gasteiger charge is 2.46. The summed E-state index contributed by atoms with van der Waals surface area (Å²) in [4.78, 5) is 30.6. The van der Waals surface area contributed by atoms with Crippen LogP contribution in [-0.4, -0.2) is 79.2 Å². The Labute approximate surface area is 231 Å². The van der Waals surface area contributed by atoms with Gasteiger partial charge in [0.1, 0.15) is 5.76 Å². The highest BCUT2D eigenvalue weighted by molar-refractivity contribution is 6.46. The highest BCUT2D eigenvalue weighted by atomic mass is 16.5. The van der Waals surface area contributed by atoms with E-state index in [-0.39, 0.29) is 11.3 Å². The van der Waals surface area contributed by atoms with Crippen molar-refractivity contribution < 1.29 is 28.9 Å². The number of hydrogen-bond donors (Lipinski definition) is 1. The number of carbonyl (C=O) groups is 2. The van der Waals surface area contributed by atoms with Crippen molar-refractivity contribution in [3.05, 3.63) is 64.7 Å². The quantitative estimate of drug-likeness (QED) is 0.182. The first-order valence-electron chi connectivity index (χ1n) is 14.0. The molecule has 0 saturated carbocycles. The van der Waals surface area contributed by atoms with Crippen molar-refractivity contribution in [1.82, 2.24) is 9.80 Å². The number of aryl methyl sites for hydroxylation is 1. The molecule has 210 valence electrons. The lowest BCUT2D eigenvalue weighted by atomic mass is 9.94. The molecule has 2 aromatic rings. The van der Waals surface area contributed by atoms with Gasteiger partial charge in [-0.25, -0.2) is 0 Å². The number of unbranched alkanes of at least 4 members (excludes halogenated alkanes) is 2. The van der Waals surface area contributed by atoms with Gasteiger partial charge in [0.15, 0.2) is 11.5 Å². The summed E-state index contributed by atoms with van der Waals surface area (Å²) in [5.74, 6) is -0.288. The van der Waals surface area contributed by atoms with Gasteiger partial charge in [0.05, 0.1) is 38.0 Å². The van der Waals surface area contributed by atoms with E-state index in [1.54, 1.807) is 17.0 Å². The average molecular weight is 537 g/mol. The zero-order chi connectivity index (χ0) is 27.8. The molecule has 1 atom stereocenters. The number of benzene rings is 2. The lowest BCUT2D eigenvalue weighted by Gasteiger charge is -2.31. The molecule has 2 aliphatic rings. The molecule has 2 heterocycles. The molecule has 0 spiro atoms. The first-order chi connectivity index (χ1) is 18.9. The fourth-order valence-corrected chi connectivity index (χ4v) is 5.01. The third-order valence-corrected chi connectivity index (χ3v) is 7.21. The molecule has 8 heteroatoms. The topological polar surface area (TPSA) is 88.5 Å². The zero-order valence-corrected chi connectivity index (χ0v) is 23.3. The molecule has 1 N–H and O–H groups in total. The molecule has 1 unspecified atom stereocenters. The number of nitrogens with zero attached hydrogens (tertiary/aromatic N) is 2. The van der Waals surface area contributed by atoms with Gasteiger partial charge in [0.25, 0.3) is 11.7 Å². The summed E-state index contributed by atoms with van der Waals surface area (Å²) >= 11 is 0. The fraction of sp³-hybridized carbons (Fsp3) is 0.484. The molecule has 2 fully saturated rings. The molecule has 0 radical (unpaired) electrons. The molecule has 2 aromatic carbocycles. The summed E-state index contributed by atoms with van der Waals surface area (Å²) in [5, 5.41) is 11.4. The lowest BCUT2D eigenvalue weighted by Crippen LogP contribution is -2.42. The summed E-state index contributed by atoms with van der Waals surface area (Å²) in [5.41, 5.74) is 2.31. The molecular formula is C31H40N2O6. The van der Waals surface area contributed by atoms with Crippen LogP contribution in [0.3, 0.4) is 0 Å². The highest BCUT2D eigenvalue weighted by Crippen LogP contribution is 2.42. The summed E-state index contributed by atoms with van der Waals surface area (Å²) < 4.78 is 17.4. The molecule has 0 bridgehead atoms. The third-order valence-electron chi connectivity index (χ3n) is 7.21. The second kappa shape index (κ2) is 13.6. The Balaban J connectivity index is 1.72. The normalized spacial score (nSPS) is 19.5. The maximum Gasteiger partial charge on any atom is 0.295 e. The maximum atomic E-state index is 13.4. The van der Waals surface area contributed by atoms with Crippen molar-refractivity contribution in [3.8, 4) is 11.5 Å². The number of ether oxygens (including phenoxy) is 3. The van der Waals surface area contributed by atoms with E-state index in [2.05, 4.69) is 11.8 Å². The molecule has 0 aromatic heterocycles. The predicted molar refractivity (Wildman–Crippen MR) is 150 cm³/mol. The molecule has 39 heavy (non-hydrogen) atoms. The van der Waals surface area contributed by atoms with Crippen molar-refractivity contribution in [2.45, 2.75) is 46.1 Å². The van der Waals surface area contributed by atoms with Crippen LogP contribution in [0, 0.1) is 6.92 Å². The predicted octanol–water partition coefficient (Wildman–Crippen LogP) is 4.72. The molecule has 0 aliphatic carbocycles. The van der Waals surface area contributed by atoms with E-state index in [0.717, 1.165) is 37.9 Å². The molecule has 2 saturated heterocycles. The van der Waals surface area contributed by atoms with Crippen LogP contribution < -0.4 is 9.47 Å². The molecule has 4 rings (SSSR count). The van der Waals surface area contributed by atoms with Crippen LogP contribution in [0.2, 0.25) is 0 Å². The number of amides is 1. The number of carbonyl (C=O) groups excluding carboxylic acids is 2. The van der Waals surface area contributed by atoms with E-state index in [4.69, 9.17) is 14.2 Å². The molecule has 1 amide bonds. The van der Waals surface area contributed by atoms with Crippen LogP contribution >= 0.6 is 0 Å². The van der Waals surface area contributed by atoms with Crippen LogP contribution in [0.4, 0.5) is 0 Å². The number of aliphatic hydroxyl groups is 1. The van der Waals surface area contributed by atoms with Gasteiger partial charge >= 0.3 is 0 Å². The van der Waals surface area contributed by atoms with Gasteiger partial charge in [-0.1, -0.05) is 55.7 Å². The number of hydrogen-bond acceptors (Lipinski definition) is 7. The van der Waals surface area contributed by atoms with Crippen LogP contribution in [0.15, 0.2) is 48.0 Å². The summed E-state index contributed by atoms with van der Waals surface area (Å²) in [6.07, 6.45) is 3.13. The van der Waals surface area contributed by atoms with E-state index < -0.39 is 17.7 Å². The smallest absolute Gasteiger partial charge is 0.295 e. The minimum absolute atomic E-state index is 0.0879. The van der Waals surface area contributed by atoms with Crippen LogP contribution in [-0.2, 0) is 14.3 Å². The Bertz CT molecular complexity index is 1170.